The molecule has 0 saturated carbocycles. The van der Waals surface area contributed by atoms with E-state index in [1.165, 1.54) is 44.0 Å². The van der Waals surface area contributed by atoms with Crippen LogP contribution in [0.1, 0.15) is 17.2 Å². The molecular formula is C31H23OP. The molecule has 0 spiro atoms. The predicted molar refractivity (Wildman–Crippen MR) is 139 cm³/mol. The first-order valence-electron chi connectivity index (χ1n) is 11.2. The molecule has 1 aliphatic carbocycles. The van der Waals surface area contributed by atoms with Gasteiger partial charge in [-0.15, -0.1) is 0 Å². The molecule has 0 aliphatic heterocycles. The van der Waals surface area contributed by atoms with Crippen LogP contribution in [0.5, 0.6) is 0 Å². The molecule has 1 unspecified atom stereocenters. The Morgan fingerprint density at radius 2 is 0.970 bits per heavy atom. The summed E-state index contributed by atoms with van der Waals surface area (Å²) in [4.78, 5) is 0. The van der Waals surface area contributed by atoms with E-state index in [2.05, 4.69) is 133 Å². The highest BCUT2D eigenvalue weighted by atomic mass is 31.1. The lowest BCUT2D eigenvalue weighted by atomic mass is 9.95. The van der Waals surface area contributed by atoms with Gasteiger partial charge in [-0.3, -0.25) is 0 Å². The third-order valence-electron chi connectivity index (χ3n) is 6.18. The Kier molecular flexibility index (Phi) is 5.36. The number of fused-ring (bicyclic) bond motifs is 3. The molecule has 2 heteroatoms. The zero-order chi connectivity index (χ0) is 22.0. The highest BCUT2D eigenvalue weighted by Crippen LogP contribution is 2.54. The Morgan fingerprint density at radius 1 is 0.455 bits per heavy atom. The minimum absolute atomic E-state index is 0.126. The van der Waals surface area contributed by atoms with E-state index in [1.807, 2.05) is 0 Å². The van der Waals surface area contributed by atoms with Gasteiger partial charge in [-0.1, -0.05) is 133 Å². The highest BCUT2D eigenvalue weighted by molar-refractivity contribution is 7.68. The largest absolute Gasteiger partial charge is 0.337 e. The van der Waals surface area contributed by atoms with E-state index in [9.17, 15) is 0 Å². The van der Waals surface area contributed by atoms with Crippen molar-refractivity contribution < 1.29 is 4.52 Å². The Labute approximate surface area is 196 Å². The van der Waals surface area contributed by atoms with Gasteiger partial charge in [-0.25, -0.2) is 0 Å². The quantitative estimate of drug-likeness (QED) is 0.256. The lowest BCUT2D eigenvalue weighted by Gasteiger charge is -2.25. The third-order valence-corrected chi connectivity index (χ3v) is 8.13. The highest BCUT2D eigenvalue weighted by Gasteiger charge is 2.34. The fourth-order valence-electron chi connectivity index (χ4n) is 4.69. The molecule has 5 aromatic carbocycles. The van der Waals surface area contributed by atoms with Crippen LogP contribution in [0, 0.1) is 0 Å². The number of rotatable bonds is 5. The monoisotopic (exact) mass is 442 g/mol. The van der Waals surface area contributed by atoms with Crippen molar-refractivity contribution in [2.45, 2.75) is 6.10 Å². The summed E-state index contributed by atoms with van der Waals surface area (Å²) in [5, 5.41) is 2.45. The summed E-state index contributed by atoms with van der Waals surface area (Å²) in [6.45, 7) is 0. The predicted octanol–water partition coefficient (Wildman–Crippen LogP) is 7.49. The fraction of sp³-hybridized carbons (Fsp3) is 0.0323. The summed E-state index contributed by atoms with van der Waals surface area (Å²) >= 11 is 0. The normalized spacial score (nSPS) is 14.2. The first kappa shape index (κ1) is 20.1. The van der Waals surface area contributed by atoms with Crippen molar-refractivity contribution in [3.05, 3.63) is 145 Å². The van der Waals surface area contributed by atoms with Gasteiger partial charge in [0.15, 0.2) is 0 Å². The van der Waals surface area contributed by atoms with Crippen molar-refractivity contribution in [2.75, 3.05) is 0 Å². The minimum Gasteiger partial charge on any atom is -0.337 e. The second-order valence-electron chi connectivity index (χ2n) is 8.17. The van der Waals surface area contributed by atoms with E-state index in [0.717, 1.165) is 0 Å². The van der Waals surface area contributed by atoms with Crippen molar-refractivity contribution in [1.82, 2.24) is 0 Å². The standard InChI is InChI=1S/C31H23OP/c1-4-13-23(14-5-1)26-21-12-22-28-27-19-10-11-20-29(27)31(30(26)28)32-33(24-15-6-2-7-16-24)25-17-8-3-9-18-25/h1-22,31H. The molecule has 0 aromatic heterocycles. The van der Waals surface area contributed by atoms with Gasteiger partial charge in [0.2, 0.25) is 0 Å². The summed E-state index contributed by atoms with van der Waals surface area (Å²) in [5.74, 6) is 0. The molecule has 0 saturated heterocycles. The van der Waals surface area contributed by atoms with Crippen molar-refractivity contribution >= 4 is 18.8 Å². The minimum atomic E-state index is -0.992. The molecule has 0 amide bonds. The van der Waals surface area contributed by atoms with E-state index in [-0.39, 0.29) is 6.10 Å². The van der Waals surface area contributed by atoms with Crippen LogP contribution in [-0.2, 0) is 4.52 Å². The average molecular weight is 442 g/mol. The fourth-order valence-corrected chi connectivity index (χ4v) is 6.55. The molecular weight excluding hydrogens is 419 g/mol. The Balaban J connectivity index is 1.53. The molecule has 6 rings (SSSR count). The maximum atomic E-state index is 7.16. The third kappa shape index (κ3) is 3.70. The second-order valence-corrected chi connectivity index (χ2v) is 10.0. The van der Waals surface area contributed by atoms with Crippen molar-refractivity contribution in [2.24, 2.45) is 0 Å². The number of hydrogen-bond donors (Lipinski definition) is 0. The molecule has 0 fully saturated rings. The van der Waals surface area contributed by atoms with Crippen LogP contribution < -0.4 is 10.6 Å². The van der Waals surface area contributed by atoms with Crippen molar-refractivity contribution in [3.8, 4) is 22.3 Å². The van der Waals surface area contributed by atoms with Crippen LogP contribution in [-0.4, -0.2) is 0 Å². The zero-order valence-corrected chi connectivity index (χ0v) is 19.0. The van der Waals surface area contributed by atoms with Crippen LogP contribution in [0.3, 0.4) is 0 Å². The Hall–Kier alpha value is -3.51. The van der Waals surface area contributed by atoms with Crippen LogP contribution in [0.25, 0.3) is 22.3 Å². The lowest BCUT2D eigenvalue weighted by Crippen LogP contribution is -2.16. The topological polar surface area (TPSA) is 9.23 Å². The lowest BCUT2D eigenvalue weighted by molar-refractivity contribution is 0.290. The molecule has 1 nitrogen and oxygen atoms in total. The van der Waals surface area contributed by atoms with E-state index < -0.39 is 8.15 Å². The van der Waals surface area contributed by atoms with E-state index in [4.69, 9.17) is 4.52 Å². The second kappa shape index (κ2) is 8.79. The summed E-state index contributed by atoms with van der Waals surface area (Å²) in [6.07, 6.45) is -0.126. The molecule has 33 heavy (non-hydrogen) atoms. The van der Waals surface area contributed by atoms with Crippen molar-refractivity contribution in [1.29, 1.82) is 0 Å². The van der Waals surface area contributed by atoms with Crippen LogP contribution in [0.15, 0.2) is 133 Å². The molecule has 1 aliphatic rings. The average Bonchev–Trinajstić information content (AvgIpc) is 3.22. The summed E-state index contributed by atoms with van der Waals surface area (Å²) in [7, 11) is -0.992. The molecule has 1 atom stereocenters. The van der Waals surface area contributed by atoms with Crippen LogP contribution in [0.2, 0.25) is 0 Å². The number of benzene rings is 5. The SMILES string of the molecule is c1ccc(-c2cccc3c2C(OP(c2ccccc2)c2ccccc2)c2ccccc2-3)cc1. The van der Waals surface area contributed by atoms with Gasteiger partial charge in [0.05, 0.1) is 8.15 Å². The van der Waals surface area contributed by atoms with Crippen molar-refractivity contribution in [3.63, 3.8) is 0 Å². The molecule has 158 valence electrons. The van der Waals surface area contributed by atoms with E-state index in [0.29, 0.717) is 0 Å². The zero-order valence-electron chi connectivity index (χ0n) is 18.1. The van der Waals surface area contributed by atoms with Gasteiger partial charge < -0.3 is 4.52 Å². The van der Waals surface area contributed by atoms with Gasteiger partial charge in [0, 0.05) is 16.2 Å². The maximum absolute atomic E-state index is 7.16. The smallest absolute Gasteiger partial charge is 0.114 e. The molecule has 5 aromatic rings. The van der Waals surface area contributed by atoms with Crippen LogP contribution >= 0.6 is 8.15 Å². The molecule has 0 heterocycles. The Bertz CT molecular complexity index is 1340. The molecule has 0 bridgehead atoms. The van der Waals surface area contributed by atoms with E-state index in [1.54, 1.807) is 0 Å². The van der Waals surface area contributed by atoms with Gasteiger partial charge >= 0.3 is 0 Å². The summed E-state index contributed by atoms with van der Waals surface area (Å²) < 4.78 is 7.16. The maximum Gasteiger partial charge on any atom is 0.114 e. The van der Waals surface area contributed by atoms with Gasteiger partial charge in [0.25, 0.3) is 0 Å². The van der Waals surface area contributed by atoms with E-state index >= 15 is 0 Å². The molecule has 0 radical (unpaired) electrons. The number of hydrogen-bond acceptors (Lipinski definition) is 1. The van der Waals surface area contributed by atoms with Gasteiger partial charge in [0.1, 0.15) is 6.10 Å². The first-order chi connectivity index (χ1) is 16.4. The van der Waals surface area contributed by atoms with Crippen LogP contribution in [0.4, 0.5) is 0 Å². The summed E-state index contributed by atoms with van der Waals surface area (Å²) in [6, 6.07) is 47.2. The summed E-state index contributed by atoms with van der Waals surface area (Å²) in [5.41, 5.74) is 7.52. The van der Waals surface area contributed by atoms with Gasteiger partial charge in [-0.05, 0) is 27.8 Å². The van der Waals surface area contributed by atoms with Gasteiger partial charge in [-0.2, -0.15) is 0 Å². The Morgan fingerprint density at radius 3 is 1.64 bits per heavy atom. The molecule has 0 N–H and O–H groups in total. The first-order valence-corrected chi connectivity index (χ1v) is 12.5.